The number of pyridine rings is 1. The van der Waals surface area contributed by atoms with Gasteiger partial charge in [0.1, 0.15) is 6.04 Å². The Morgan fingerprint density at radius 2 is 2.35 bits per heavy atom. The first kappa shape index (κ1) is 14.4. The molecule has 7 heteroatoms. The van der Waals surface area contributed by atoms with E-state index in [1.807, 2.05) is 0 Å². The van der Waals surface area contributed by atoms with Gasteiger partial charge >= 0.3 is 5.97 Å². The van der Waals surface area contributed by atoms with Gasteiger partial charge in [0, 0.05) is 38.4 Å². The number of carbonyl (C=O) groups is 2. The maximum absolute atomic E-state index is 12.4. The molecule has 2 atom stereocenters. The number of nitrogens with two attached hydrogens (primary N) is 1. The quantitative estimate of drug-likeness (QED) is 0.794. The summed E-state index contributed by atoms with van der Waals surface area (Å²) in [5, 5.41) is 9.21. The second kappa shape index (κ2) is 5.98. The van der Waals surface area contributed by atoms with Gasteiger partial charge in [0.25, 0.3) is 5.91 Å². The van der Waals surface area contributed by atoms with Gasteiger partial charge in [0.2, 0.25) is 0 Å². The Labute approximate surface area is 116 Å². The Balaban J connectivity index is 2.24. The Morgan fingerprint density at radius 1 is 1.60 bits per heavy atom. The summed E-state index contributed by atoms with van der Waals surface area (Å²) < 4.78 is 5.16. The molecule has 1 fully saturated rings. The lowest BCUT2D eigenvalue weighted by atomic mass is 10.1. The minimum atomic E-state index is -1.02. The van der Waals surface area contributed by atoms with Gasteiger partial charge in [0.05, 0.1) is 11.8 Å². The molecule has 2 heterocycles. The Bertz CT molecular complexity index is 520. The van der Waals surface area contributed by atoms with Crippen LogP contribution in [0, 0.1) is 0 Å². The lowest BCUT2D eigenvalue weighted by Crippen LogP contribution is -2.40. The van der Waals surface area contributed by atoms with E-state index in [0.717, 1.165) is 0 Å². The number of hydrogen-bond acceptors (Lipinski definition) is 5. The zero-order valence-corrected chi connectivity index (χ0v) is 11.2. The summed E-state index contributed by atoms with van der Waals surface area (Å²) >= 11 is 0. The molecular formula is C13H17N3O4. The third kappa shape index (κ3) is 2.78. The monoisotopic (exact) mass is 279 g/mol. The van der Waals surface area contributed by atoms with E-state index in [1.165, 1.54) is 18.2 Å². The van der Waals surface area contributed by atoms with Crippen LogP contribution in [0.1, 0.15) is 22.5 Å². The van der Waals surface area contributed by atoms with Crippen molar-refractivity contribution in [3.63, 3.8) is 0 Å². The average molecular weight is 279 g/mol. The first-order chi connectivity index (χ1) is 9.56. The Morgan fingerprint density at radius 3 is 2.95 bits per heavy atom. The predicted molar refractivity (Wildman–Crippen MR) is 70.0 cm³/mol. The number of carboxylic acids is 1. The average Bonchev–Trinajstić information content (AvgIpc) is 2.91. The molecule has 1 aliphatic heterocycles. The number of methoxy groups -OCH3 is 1. The molecule has 2 unspecified atom stereocenters. The number of amides is 1. The molecule has 1 saturated heterocycles. The standard InChI is InChI=1S/C13H17N3O4/c1-20-10-5-11(13(18)19)16(7-10)12(17)8-2-3-15-9(4-8)6-14/h2-4,10-11H,5-7,14H2,1H3,(H,18,19). The minimum Gasteiger partial charge on any atom is -0.480 e. The molecule has 7 nitrogen and oxygen atoms in total. The van der Waals surface area contributed by atoms with Gasteiger partial charge < -0.3 is 20.5 Å². The van der Waals surface area contributed by atoms with Crippen LogP contribution in [0.25, 0.3) is 0 Å². The molecule has 2 rings (SSSR count). The van der Waals surface area contributed by atoms with Crippen molar-refractivity contribution in [2.45, 2.75) is 25.1 Å². The molecule has 0 bridgehead atoms. The number of carboxylic acid groups (broad SMARTS) is 1. The van der Waals surface area contributed by atoms with Crippen LogP contribution in [0.4, 0.5) is 0 Å². The number of nitrogens with zero attached hydrogens (tertiary/aromatic N) is 2. The fourth-order valence-electron chi connectivity index (χ4n) is 2.32. The highest BCUT2D eigenvalue weighted by molar-refractivity contribution is 5.97. The molecule has 0 aliphatic carbocycles. The van der Waals surface area contributed by atoms with Crippen LogP contribution < -0.4 is 5.73 Å². The fraction of sp³-hybridized carbons (Fsp3) is 0.462. The lowest BCUT2D eigenvalue weighted by Gasteiger charge is -2.21. The highest BCUT2D eigenvalue weighted by Gasteiger charge is 2.40. The van der Waals surface area contributed by atoms with Gasteiger partial charge in [-0.05, 0) is 12.1 Å². The van der Waals surface area contributed by atoms with Crippen molar-refractivity contribution in [2.24, 2.45) is 5.73 Å². The van der Waals surface area contributed by atoms with E-state index in [0.29, 0.717) is 17.7 Å². The van der Waals surface area contributed by atoms with E-state index in [4.69, 9.17) is 10.5 Å². The largest absolute Gasteiger partial charge is 0.480 e. The van der Waals surface area contributed by atoms with Crippen molar-refractivity contribution < 1.29 is 19.4 Å². The molecule has 1 amide bonds. The maximum Gasteiger partial charge on any atom is 0.326 e. The zero-order valence-electron chi connectivity index (χ0n) is 11.2. The second-order valence-corrected chi connectivity index (χ2v) is 4.64. The number of likely N-dealkylation sites (tertiary alicyclic amines) is 1. The molecule has 20 heavy (non-hydrogen) atoms. The van der Waals surface area contributed by atoms with Crippen LogP contribution in [0.2, 0.25) is 0 Å². The molecule has 0 radical (unpaired) electrons. The van der Waals surface area contributed by atoms with Crippen LogP contribution in [0.15, 0.2) is 18.3 Å². The second-order valence-electron chi connectivity index (χ2n) is 4.64. The Kier molecular flexibility index (Phi) is 4.31. The van der Waals surface area contributed by atoms with Crippen LogP contribution >= 0.6 is 0 Å². The number of hydrogen-bond donors (Lipinski definition) is 2. The first-order valence-corrected chi connectivity index (χ1v) is 6.28. The molecule has 0 saturated carbocycles. The van der Waals surface area contributed by atoms with Gasteiger partial charge in [-0.3, -0.25) is 9.78 Å². The Hall–Kier alpha value is -1.99. The van der Waals surface area contributed by atoms with E-state index in [9.17, 15) is 14.7 Å². The molecule has 1 aliphatic rings. The van der Waals surface area contributed by atoms with Crippen molar-refractivity contribution >= 4 is 11.9 Å². The summed E-state index contributed by atoms with van der Waals surface area (Å²) in [5.41, 5.74) is 6.47. The van der Waals surface area contributed by atoms with E-state index < -0.39 is 12.0 Å². The van der Waals surface area contributed by atoms with Crippen LogP contribution in [-0.2, 0) is 16.1 Å². The third-order valence-electron chi connectivity index (χ3n) is 3.41. The molecule has 0 aromatic carbocycles. The summed E-state index contributed by atoms with van der Waals surface area (Å²) in [6.07, 6.45) is 1.54. The van der Waals surface area contributed by atoms with Gasteiger partial charge in [0.15, 0.2) is 0 Å². The highest BCUT2D eigenvalue weighted by atomic mass is 16.5. The summed E-state index contributed by atoms with van der Waals surface area (Å²) in [6, 6.07) is 2.28. The van der Waals surface area contributed by atoms with Crippen molar-refractivity contribution in [3.05, 3.63) is 29.6 Å². The summed E-state index contributed by atoms with van der Waals surface area (Å²) in [5.74, 6) is -1.36. The molecule has 108 valence electrons. The molecule has 3 N–H and O–H groups in total. The van der Waals surface area contributed by atoms with Gasteiger partial charge in [-0.2, -0.15) is 0 Å². The summed E-state index contributed by atoms with van der Waals surface area (Å²) in [6.45, 7) is 0.497. The van der Waals surface area contributed by atoms with Crippen molar-refractivity contribution in [3.8, 4) is 0 Å². The van der Waals surface area contributed by atoms with Crippen LogP contribution in [-0.4, -0.2) is 52.7 Å². The number of carbonyl (C=O) groups excluding carboxylic acids is 1. The topological polar surface area (TPSA) is 106 Å². The summed E-state index contributed by atoms with van der Waals surface area (Å²) in [4.78, 5) is 29.0. The lowest BCUT2D eigenvalue weighted by molar-refractivity contribution is -0.141. The smallest absolute Gasteiger partial charge is 0.326 e. The van der Waals surface area contributed by atoms with E-state index >= 15 is 0 Å². The maximum atomic E-state index is 12.4. The number of aromatic nitrogens is 1. The minimum absolute atomic E-state index is 0.226. The SMILES string of the molecule is COC1CC(C(=O)O)N(C(=O)c2ccnc(CN)c2)C1. The van der Waals surface area contributed by atoms with Crippen molar-refractivity contribution in [1.29, 1.82) is 0 Å². The number of rotatable bonds is 4. The third-order valence-corrected chi connectivity index (χ3v) is 3.41. The van der Waals surface area contributed by atoms with Crippen LogP contribution in [0.5, 0.6) is 0 Å². The van der Waals surface area contributed by atoms with Crippen molar-refractivity contribution in [2.75, 3.05) is 13.7 Å². The molecule has 1 aromatic rings. The van der Waals surface area contributed by atoms with Gasteiger partial charge in [-0.25, -0.2) is 4.79 Å². The normalized spacial score (nSPS) is 22.0. The number of ether oxygens (including phenoxy) is 1. The first-order valence-electron chi connectivity index (χ1n) is 6.28. The molecule has 0 spiro atoms. The highest BCUT2D eigenvalue weighted by Crippen LogP contribution is 2.22. The van der Waals surface area contributed by atoms with E-state index in [2.05, 4.69) is 4.98 Å². The number of aliphatic carboxylic acids is 1. The summed E-state index contributed by atoms with van der Waals surface area (Å²) in [7, 11) is 1.51. The van der Waals surface area contributed by atoms with Gasteiger partial charge in [-0.15, -0.1) is 0 Å². The van der Waals surface area contributed by atoms with E-state index in [1.54, 1.807) is 12.1 Å². The van der Waals surface area contributed by atoms with Gasteiger partial charge in [-0.1, -0.05) is 0 Å². The molecular weight excluding hydrogens is 262 g/mol. The van der Waals surface area contributed by atoms with Crippen molar-refractivity contribution in [1.82, 2.24) is 9.88 Å². The fourth-order valence-corrected chi connectivity index (χ4v) is 2.32. The van der Waals surface area contributed by atoms with Crippen LogP contribution in [0.3, 0.4) is 0 Å². The predicted octanol–water partition coefficient (Wildman–Crippen LogP) is -0.146. The molecule has 1 aromatic heterocycles. The zero-order chi connectivity index (χ0) is 14.7. The van der Waals surface area contributed by atoms with E-state index in [-0.39, 0.29) is 25.1 Å².